The zero-order valence-corrected chi connectivity index (χ0v) is 17.6. The van der Waals surface area contributed by atoms with Crippen LogP contribution in [0.5, 0.6) is 11.5 Å². The van der Waals surface area contributed by atoms with Crippen molar-refractivity contribution >= 4 is 23.1 Å². The predicted octanol–water partition coefficient (Wildman–Crippen LogP) is 4.61. The molecule has 0 radical (unpaired) electrons. The molecule has 3 aromatic rings. The van der Waals surface area contributed by atoms with Crippen LogP contribution in [0.3, 0.4) is 0 Å². The Kier molecular flexibility index (Phi) is 6.11. The van der Waals surface area contributed by atoms with Gasteiger partial charge in [-0.05, 0) is 35.4 Å². The van der Waals surface area contributed by atoms with Crippen molar-refractivity contribution in [2.45, 2.75) is 49.1 Å². The summed E-state index contributed by atoms with van der Waals surface area (Å²) in [6, 6.07) is 6.22. The summed E-state index contributed by atoms with van der Waals surface area (Å²) < 4.78 is 12.8. The van der Waals surface area contributed by atoms with Crippen LogP contribution in [-0.4, -0.2) is 39.4 Å². The predicted molar refractivity (Wildman–Crippen MR) is 110 cm³/mol. The second-order valence-electron chi connectivity index (χ2n) is 6.70. The van der Waals surface area contributed by atoms with Crippen molar-refractivity contribution in [2.75, 3.05) is 14.2 Å². The fraction of sp³-hybridized carbons (Fsp3) is 0.474. The van der Waals surface area contributed by atoms with E-state index in [4.69, 9.17) is 14.5 Å². The van der Waals surface area contributed by atoms with E-state index in [2.05, 4.69) is 20.9 Å². The molecule has 1 fully saturated rings. The monoisotopic (exact) mass is 417 g/mol. The number of nitrogens with zero attached hydrogens (tertiary/aromatic N) is 5. The van der Waals surface area contributed by atoms with Gasteiger partial charge in [0.05, 0.1) is 31.5 Å². The number of hydrogen-bond acceptors (Lipinski definition) is 8. The van der Waals surface area contributed by atoms with Gasteiger partial charge in [0.25, 0.3) is 0 Å². The van der Waals surface area contributed by atoms with Gasteiger partial charge in [0.2, 0.25) is 5.16 Å². The number of rotatable bonds is 7. The first-order chi connectivity index (χ1) is 13.8. The minimum atomic E-state index is 0.431. The van der Waals surface area contributed by atoms with E-state index in [-0.39, 0.29) is 0 Å². The highest BCUT2D eigenvalue weighted by atomic mass is 32.2. The van der Waals surface area contributed by atoms with Crippen molar-refractivity contribution in [3.63, 3.8) is 0 Å². The number of ether oxygens (including phenoxy) is 2. The molecule has 0 unspecified atom stereocenters. The topological polar surface area (TPSA) is 75.0 Å². The minimum absolute atomic E-state index is 0.431. The van der Waals surface area contributed by atoms with Crippen LogP contribution >= 0.6 is 23.1 Å². The number of aromatic nitrogens is 5. The molecule has 0 atom stereocenters. The smallest absolute Gasteiger partial charge is 0.209 e. The Hall–Kier alpha value is -2.13. The molecule has 9 heteroatoms. The molecule has 148 valence electrons. The van der Waals surface area contributed by atoms with E-state index < -0.39 is 0 Å². The van der Waals surface area contributed by atoms with Gasteiger partial charge in [-0.1, -0.05) is 31.0 Å². The van der Waals surface area contributed by atoms with Gasteiger partial charge in [0, 0.05) is 17.2 Å². The van der Waals surface area contributed by atoms with E-state index in [1.165, 1.54) is 19.3 Å². The molecule has 2 heterocycles. The maximum atomic E-state index is 5.50. The molecule has 1 saturated carbocycles. The zero-order valence-electron chi connectivity index (χ0n) is 16.0. The summed E-state index contributed by atoms with van der Waals surface area (Å²) in [4.78, 5) is 4.79. The lowest BCUT2D eigenvalue weighted by atomic mass is 9.96. The van der Waals surface area contributed by atoms with Crippen molar-refractivity contribution in [3.8, 4) is 22.1 Å². The fourth-order valence-corrected chi connectivity index (χ4v) is 5.24. The summed E-state index contributed by atoms with van der Waals surface area (Å²) in [6.07, 6.45) is 6.16. The Morgan fingerprint density at radius 2 is 2.04 bits per heavy atom. The molecule has 0 bridgehead atoms. The van der Waals surface area contributed by atoms with Crippen molar-refractivity contribution in [2.24, 2.45) is 0 Å². The molecule has 4 rings (SSSR count). The zero-order chi connectivity index (χ0) is 19.3. The van der Waals surface area contributed by atoms with E-state index in [9.17, 15) is 0 Å². The molecule has 1 aromatic carbocycles. The van der Waals surface area contributed by atoms with Crippen molar-refractivity contribution in [3.05, 3.63) is 29.3 Å². The van der Waals surface area contributed by atoms with Crippen LogP contribution in [0.25, 0.3) is 10.6 Å². The molecule has 0 aliphatic heterocycles. The Balaban J connectivity index is 1.46. The Bertz CT molecular complexity index is 921. The first-order valence-corrected chi connectivity index (χ1v) is 11.2. The first-order valence-electron chi connectivity index (χ1n) is 9.36. The normalized spacial score (nSPS) is 14.9. The highest BCUT2D eigenvalue weighted by molar-refractivity contribution is 7.98. The first kappa shape index (κ1) is 19.2. The number of thioether (sulfide) groups is 1. The molecule has 0 saturated heterocycles. The van der Waals surface area contributed by atoms with Gasteiger partial charge in [-0.25, -0.2) is 9.67 Å². The van der Waals surface area contributed by atoms with Gasteiger partial charge in [0.1, 0.15) is 16.5 Å². The Labute approximate surface area is 172 Å². The quantitative estimate of drug-likeness (QED) is 0.520. The summed E-state index contributed by atoms with van der Waals surface area (Å²) in [7, 11) is 3.31. The molecular formula is C19H23N5O2S2. The lowest BCUT2D eigenvalue weighted by Gasteiger charge is -2.21. The van der Waals surface area contributed by atoms with E-state index in [0.717, 1.165) is 51.5 Å². The summed E-state index contributed by atoms with van der Waals surface area (Å²) in [5.74, 6) is 2.26. The molecule has 1 aliphatic carbocycles. The Morgan fingerprint density at radius 3 is 2.82 bits per heavy atom. The molecule has 0 N–H and O–H groups in total. The highest BCUT2D eigenvalue weighted by Gasteiger charge is 2.20. The SMILES string of the molecule is COc1ccc(-c2nc(CSc3nnnn3C3CCCCC3)cs2)c(OC)c1. The third kappa shape index (κ3) is 4.15. The van der Waals surface area contributed by atoms with Crippen LogP contribution in [0.2, 0.25) is 0 Å². The summed E-state index contributed by atoms with van der Waals surface area (Å²) in [5.41, 5.74) is 1.98. The van der Waals surface area contributed by atoms with Gasteiger partial charge in [-0.3, -0.25) is 0 Å². The maximum Gasteiger partial charge on any atom is 0.209 e. The number of benzene rings is 1. The van der Waals surface area contributed by atoms with Gasteiger partial charge < -0.3 is 9.47 Å². The standard InChI is InChI=1S/C19H23N5O2S2/c1-25-15-8-9-16(17(10-15)26-2)18-20-13(11-27-18)12-28-19-21-22-23-24(19)14-6-4-3-5-7-14/h8-11,14H,3-7,12H2,1-2H3. The second-order valence-corrected chi connectivity index (χ2v) is 8.50. The second kappa shape index (κ2) is 8.91. The van der Waals surface area contributed by atoms with E-state index >= 15 is 0 Å². The number of methoxy groups -OCH3 is 2. The van der Waals surface area contributed by atoms with Crippen molar-refractivity contribution in [1.82, 2.24) is 25.2 Å². The van der Waals surface area contributed by atoms with Crippen LogP contribution < -0.4 is 9.47 Å². The van der Waals surface area contributed by atoms with Crippen LogP contribution in [0, 0.1) is 0 Å². The van der Waals surface area contributed by atoms with E-state index in [1.807, 2.05) is 22.9 Å². The Morgan fingerprint density at radius 1 is 1.18 bits per heavy atom. The number of tetrazole rings is 1. The van der Waals surface area contributed by atoms with Crippen LogP contribution in [0.1, 0.15) is 43.8 Å². The molecule has 2 aromatic heterocycles. The summed E-state index contributed by atoms with van der Waals surface area (Å²) in [5, 5.41) is 16.2. The van der Waals surface area contributed by atoms with Gasteiger partial charge in [0.15, 0.2) is 0 Å². The number of hydrogen-bond donors (Lipinski definition) is 0. The maximum absolute atomic E-state index is 5.50. The van der Waals surface area contributed by atoms with Gasteiger partial charge in [-0.15, -0.1) is 16.4 Å². The van der Waals surface area contributed by atoms with Crippen LogP contribution in [0.15, 0.2) is 28.7 Å². The lowest BCUT2D eigenvalue weighted by Crippen LogP contribution is -2.15. The summed E-state index contributed by atoms with van der Waals surface area (Å²) in [6.45, 7) is 0. The van der Waals surface area contributed by atoms with Crippen molar-refractivity contribution < 1.29 is 9.47 Å². The minimum Gasteiger partial charge on any atom is -0.497 e. The third-order valence-electron chi connectivity index (χ3n) is 4.92. The molecule has 0 spiro atoms. The summed E-state index contributed by atoms with van der Waals surface area (Å²) >= 11 is 3.26. The molecule has 7 nitrogen and oxygen atoms in total. The number of thiazole rings is 1. The fourth-order valence-electron chi connectivity index (χ4n) is 3.45. The largest absolute Gasteiger partial charge is 0.497 e. The molecular weight excluding hydrogens is 394 g/mol. The van der Waals surface area contributed by atoms with Crippen molar-refractivity contribution in [1.29, 1.82) is 0 Å². The molecule has 1 aliphatic rings. The van der Waals surface area contributed by atoms with E-state index in [1.54, 1.807) is 37.3 Å². The van der Waals surface area contributed by atoms with Crippen LogP contribution in [0.4, 0.5) is 0 Å². The van der Waals surface area contributed by atoms with Gasteiger partial charge >= 0.3 is 0 Å². The lowest BCUT2D eigenvalue weighted by molar-refractivity contribution is 0.307. The average Bonchev–Trinajstić information content (AvgIpc) is 3.41. The van der Waals surface area contributed by atoms with Crippen LogP contribution in [-0.2, 0) is 5.75 Å². The van der Waals surface area contributed by atoms with E-state index in [0.29, 0.717) is 6.04 Å². The third-order valence-corrected chi connectivity index (χ3v) is 6.81. The highest BCUT2D eigenvalue weighted by Crippen LogP contribution is 2.36. The van der Waals surface area contributed by atoms with Gasteiger partial charge in [-0.2, -0.15) is 0 Å². The molecule has 0 amide bonds. The average molecular weight is 418 g/mol. The molecule has 28 heavy (non-hydrogen) atoms.